The van der Waals surface area contributed by atoms with Gasteiger partial charge in [0, 0.05) is 18.3 Å². The molecule has 0 saturated heterocycles. The van der Waals surface area contributed by atoms with Crippen LogP contribution in [0.25, 0.3) is 0 Å². The Kier molecular flexibility index (Phi) is 4.54. The van der Waals surface area contributed by atoms with Crippen LogP contribution in [0.15, 0.2) is 54.6 Å². The smallest absolute Gasteiger partial charge is 0.0991 e. The number of nitrogens with zero attached hydrogens (tertiary/aromatic N) is 1. The maximum absolute atomic E-state index is 8.72. The van der Waals surface area contributed by atoms with E-state index in [2.05, 4.69) is 11.4 Å². The van der Waals surface area contributed by atoms with E-state index >= 15 is 0 Å². The molecule has 3 N–H and O–H groups in total. The second-order valence-corrected chi connectivity index (χ2v) is 4.42. The van der Waals surface area contributed by atoms with Gasteiger partial charge in [-0.15, -0.1) is 0 Å². The fourth-order valence-corrected chi connectivity index (χ4v) is 1.90. The molecule has 0 aliphatic heterocycles. The summed E-state index contributed by atoms with van der Waals surface area (Å²) >= 11 is 0. The Balaban J connectivity index is 1.81. The quantitative estimate of drug-likeness (QED) is 0.858. The summed E-state index contributed by atoms with van der Waals surface area (Å²) in [5, 5.41) is 12.0. The van der Waals surface area contributed by atoms with E-state index in [1.54, 1.807) is 12.1 Å². The lowest BCUT2D eigenvalue weighted by molar-refractivity contribution is 0.675. The first-order chi connectivity index (χ1) is 9.29. The van der Waals surface area contributed by atoms with Gasteiger partial charge in [-0.2, -0.15) is 5.26 Å². The van der Waals surface area contributed by atoms with Gasteiger partial charge in [-0.1, -0.05) is 30.3 Å². The third kappa shape index (κ3) is 3.84. The van der Waals surface area contributed by atoms with Crippen LogP contribution in [0.2, 0.25) is 0 Å². The first-order valence-corrected chi connectivity index (χ1v) is 6.34. The van der Waals surface area contributed by atoms with E-state index in [-0.39, 0.29) is 6.04 Å². The molecule has 0 saturated carbocycles. The van der Waals surface area contributed by atoms with Gasteiger partial charge in [-0.05, 0) is 36.2 Å². The molecule has 0 heterocycles. The molecule has 2 rings (SSSR count). The predicted octanol–water partition coefficient (Wildman–Crippen LogP) is 3.06. The van der Waals surface area contributed by atoms with E-state index in [1.807, 2.05) is 42.5 Å². The molecule has 3 nitrogen and oxygen atoms in total. The van der Waals surface area contributed by atoms with Gasteiger partial charge < -0.3 is 11.1 Å². The summed E-state index contributed by atoms with van der Waals surface area (Å²) in [5.41, 5.74) is 8.96. The Bertz CT molecular complexity index is 540. The number of nitrogens with two attached hydrogens (primary N) is 1. The topological polar surface area (TPSA) is 61.8 Å². The third-order valence-electron chi connectivity index (χ3n) is 3.03. The second kappa shape index (κ2) is 6.58. The van der Waals surface area contributed by atoms with Crippen molar-refractivity contribution in [2.75, 3.05) is 11.9 Å². The van der Waals surface area contributed by atoms with Crippen molar-refractivity contribution < 1.29 is 0 Å². The monoisotopic (exact) mass is 251 g/mol. The normalized spacial score (nSPS) is 11.6. The second-order valence-electron chi connectivity index (χ2n) is 4.42. The summed E-state index contributed by atoms with van der Waals surface area (Å²) in [4.78, 5) is 0. The number of nitriles is 1. The van der Waals surface area contributed by atoms with Crippen LogP contribution in [0.5, 0.6) is 0 Å². The Hall–Kier alpha value is -2.31. The van der Waals surface area contributed by atoms with Crippen molar-refractivity contribution in [1.82, 2.24) is 0 Å². The van der Waals surface area contributed by atoms with E-state index in [0.717, 1.165) is 24.2 Å². The first kappa shape index (κ1) is 13.1. The van der Waals surface area contributed by atoms with Gasteiger partial charge in [0.1, 0.15) is 0 Å². The minimum Gasteiger partial charge on any atom is -0.385 e. The van der Waals surface area contributed by atoms with Crippen LogP contribution in [0.4, 0.5) is 5.69 Å². The van der Waals surface area contributed by atoms with Crippen LogP contribution in [-0.2, 0) is 0 Å². The molecule has 19 heavy (non-hydrogen) atoms. The summed E-state index contributed by atoms with van der Waals surface area (Å²) in [7, 11) is 0. The zero-order valence-corrected chi connectivity index (χ0v) is 10.7. The van der Waals surface area contributed by atoms with Crippen molar-refractivity contribution in [2.24, 2.45) is 5.73 Å². The zero-order valence-electron chi connectivity index (χ0n) is 10.7. The molecule has 96 valence electrons. The average Bonchev–Trinajstić information content (AvgIpc) is 2.49. The Morgan fingerprint density at radius 1 is 1.05 bits per heavy atom. The van der Waals surface area contributed by atoms with E-state index in [0.29, 0.717) is 5.56 Å². The molecule has 0 aliphatic rings. The molecule has 0 spiro atoms. The molecule has 0 fully saturated rings. The van der Waals surface area contributed by atoms with Crippen molar-refractivity contribution in [3.8, 4) is 6.07 Å². The van der Waals surface area contributed by atoms with Gasteiger partial charge in [0.2, 0.25) is 0 Å². The molecule has 1 atom stereocenters. The summed E-state index contributed by atoms with van der Waals surface area (Å²) in [6, 6.07) is 19.7. The molecule has 3 heteroatoms. The highest BCUT2D eigenvalue weighted by Gasteiger charge is 2.04. The van der Waals surface area contributed by atoms with Gasteiger partial charge >= 0.3 is 0 Å². The Labute approximate surface area is 113 Å². The predicted molar refractivity (Wildman–Crippen MR) is 77.6 cm³/mol. The molecule has 0 aliphatic carbocycles. The largest absolute Gasteiger partial charge is 0.385 e. The number of hydrogen-bond donors (Lipinski definition) is 2. The van der Waals surface area contributed by atoms with Gasteiger partial charge in [0.05, 0.1) is 11.6 Å². The Morgan fingerprint density at radius 3 is 2.37 bits per heavy atom. The Morgan fingerprint density at radius 2 is 1.74 bits per heavy atom. The van der Waals surface area contributed by atoms with E-state index in [1.165, 1.54) is 0 Å². The molecular formula is C16H17N3. The highest BCUT2D eigenvalue weighted by molar-refractivity contribution is 5.47. The fourth-order valence-electron chi connectivity index (χ4n) is 1.90. The van der Waals surface area contributed by atoms with Crippen molar-refractivity contribution in [1.29, 1.82) is 5.26 Å². The molecule has 0 radical (unpaired) electrons. The minimum absolute atomic E-state index is 0.0482. The lowest BCUT2D eigenvalue weighted by Crippen LogP contribution is -2.15. The van der Waals surface area contributed by atoms with Gasteiger partial charge in [-0.25, -0.2) is 0 Å². The van der Waals surface area contributed by atoms with Gasteiger partial charge in [0.25, 0.3) is 0 Å². The summed E-state index contributed by atoms with van der Waals surface area (Å²) in [6.45, 7) is 0.808. The molecule has 0 bridgehead atoms. The average molecular weight is 251 g/mol. The van der Waals surface area contributed by atoms with Crippen LogP contribution in [0.3, 0.4) is 0 Å². The zero-order chi connectivity index (χ0) is 13.5. The maximum atomic E-state index is 8.72. The number of nitrogens with one attached hydrogen (secondary N) is 1. The number of rotatable bonds is 5. The lowest BCUT2D eigenvalue weighted by atomic mass is 10.1. The van der Waals surface area contributed by atoms with Crippen molar-refractivity contribution in [2.45, 2.75) is 12.5 Å². The maximum Gasteiger partial charge on any atom is 0.0991 e. The van der Waals surface area contributed by atoms with Crippen LogP contribution < -0.4 is 11.1 Å². The standard InChI is InChI=1S/C16H17N3/c17-12-13-6-8-15(9-7-13)19-11-10-16(18)14-4-2-1-3-5-14/h1-9,16,19H,10-11,18H2. The molecule has 0 aromatic heterocycles. The van der Waals surface area contributed by atoms with Crippen LogP contribution >= 0.6 is 0 Å². The van der Waals surface area contributed by atoms with Crippen molar-refractivity contribution >= 4 is 5.69 Å². The third-order valence-corrected chi connectivity index (χ3v) is 3.03. The summed E-state index contributed by atoms with van der Waals surface area (Å²) in [6.07, 6.45) is 0.865. The lowest BCUT2D eigenvalue weighted by Gasteiger charge is -2.13. The van der Waals surface area contributed by atoms with E-state index < -0.39 is 0 Å². The van der Waals surface area contributed by atoms with E-state index in [9.17, 15) is 0 Å². The van der Waals surface area contributed by atoms with E-state index in [4.69, 9.17) is 11.0 Å². The molecule has 1 unspecified atom stereocenters. The SMILES string of the molecule is N#Cc1ccc(NCCC(N)c2ccccc2)cc1. The molecule has 2 aromatic rings. The molecule has 0 amide bonds. The van der Waals surface area contributed by atoms with Gasteiger partial charge in [-0.3, -0.25) is 0 Å². The van der Waals surface area contributed by atoms with Crippen molar-refractivity contribution in [3.05, 3.63) is 65.7 Å². The van der Waals surface area contributed by atoms with Gasteiger partial charge in [0.15, 0.2) is 0 Å². The first-order valence-electron chi connectivity index (χ1n) is 6.34. The number of hydrogen-bond acceptors (Lipinski definition) is 3. The highest BCUT2D eigenvalue weighted by atomic mass is 14.9. The number of anilines is 1. The summed E-state index contributed by atoms with van der Waals surface area (Å²) < 4.78 is 0. The fraction of sp³-hybridized carbons (Fsp3) is 0.188. The van der Waals surface area contributed by atoms with Crippen molar-refractivity contribution in [3.63, 3.8) is 0 Å². The van der Waals surface area contributed by atoms with Crippen LogP contribution in [0.1, 0.15) is 23.6 Å². The van der Waals surface area contributed by atoms with Crippen LogP contribution in [0, 0.1) is 11.3 Å². The summed E-state index contributed by atoms with van der Waals surface area (Å²) in [5.74, 6) is 0. The molecular weight excluding hydrogens is 234 g/mol. The minimum atomic E-state index is 0.0482. The highest BCUT2D eigenvalue weighted by Crippen LogP contribution is 2.14. The van der Waals surface area contributed by atoms with Crippen LogP contribution in [-0.4, -0.2) is 6.54 Å². The molecule has 2 aromatic carbocycles. The number of benzene rings is 2.